The lowest BCUT2D eigenvalue weighted by Crippen LogP contribution is -2.46. The molecule has 3 heterocycles. The van der Waals surface area contributed by atoms with Gasteiger partial charge >= 0.3 is 6.03 Å². The maximum atomic E-state index is 14.0. The average molecular weight is 496 g/mol. The van der Waals surface area contributed by atoms with Gasteiger partial charge in [-0.3, -0.25) is 0 Å². The molecule has 0 spiro atoms. The maximum absolute atomic E-state index is 14.0. The number of fused-ring (bicyclic) bond motifs is 3. The van der Waals surface area contributed by atoms with Crippen LogP contribution in [-0.2, 0) is 6.54 Å². The van der Waals surface area contributed by atoms with E-state index in [-0.39, 0.29) is 18.1 Å². The minimum atomic E-state index is -0.263. The van der Waals surface area contributed by atoms with Gasteiger partial charge in [-0.15, -0.1) is 0 Å². The van der Waals surface area contributed by atoms with E-state index in [0.29, 0.717) is 6.54 Å². The standard InChI is InChI=1S/C30H33N5O2/c1-21-26-20-34(30(36)31-23-10-5-3-6-11-23)28(22-15-17-25(37-2)18-16-22)27-14-9-19-33(27)29(26)35(32-21)24-12-7-4-8-13-24/h4,7-9,12-19,23,28H,3,5-6,10-11,20H2,1-2H3,(H,31,36)/t28-/m1/s1. The zero-order valence-corrected chi connectivity index (χ0v) is 21.4. The second kappa shape index (κ2) is 9.81. The molecule has 4 aromatic rings. The fourth-order valence-electron chi connectivity index (χ4n) is 5.79. The first kappa shape index (κ1) is 23.4. The number of rotatable bonds is 4. The molecule has 2 aromatic carbocycles. The minimum absolute atomic E-state index is 0.0276. The van der Waals surface area contributed by atoms with E-state index in [4.69, 9.17) is 9.84 Å². The summed E-state index contributed by atoms with van der Waals surface area (Å²) in [6.45, 7) is 2.50. The predicted octanol–water partition coefficient (Wildman–Crippen LogP) is 5.93. The number of aryl methyl sites for hydroxylation is 1. The summed E-state index contributed by atoms with van der Waals surface area (Å²) in [4.78, 5) is 16.0. The lowest BCUT2D eigenvalue weighted by Gasteiger charge is -2.33. The maximum Gasteiger partial charge on any atom is 0.318 e. The first-order chi connectivity index (χ1) is 18.1. The Morgan fingerprint density at radius 2 is 1.73 bits per heavy atom. The highest BCUT2D eigenvalue weighted by molar-refractivity contribution is 5.76. The summed E-state index contributed by atoms with van der Waals surface area (Å²) in [7, 11) is 1.67. The number of nitrogens with zero attached hydrogens (tertiary/aromatic N) is 4. The van der Waals surface area contributed by atoms with Gasteiger partial charge in [0.2, 0.25) is 0 Å². The van der Waals surface area contributed by atoms with Gasteiger partial charge < -0.3 is 19.5 Å². The van der Waals surface area contributed by atoms with Crippen LogP contribution in [-0.4, -0.2) is 38.4 Å². The van der Waals surface area contributed by atoms with E-state index in [9.17, 15) is 4.79 Å². The van der Waals surface area contributed by atoms with Gasteiger partial charge in [0, 0.05) is 17.8 Å². The Hall–Kier alpha value is -4.00. The highest BCUT2D eigenvalue weighted by Crippen LogP contribution is 2.39. The van der Waals surface area contributed by atoms with Gasteiger partial charge in [-0.25, -0.2) is 9.48 Å². The molecule has 0 saturated heterocycles. The molecule has 2 amide bonds. The number of amides is 2. The molecule has 0 unspecified atom stereocenters. The molecule has 1 N–H and O–H groups in total. The summed E-state index contributed by atoms with van der Waals surface area (Å²) >= 11 is 0. The number of urea groups is 1. The van der Waals surface area contributed by atoms with E-state index >= 15 is 0 Å². The van der Waals surface area contributed by atoms with E-state index in [2.05, 4.69) is 52.5 Å². The summed E-state index contributed by atoms with van der Waals surface area (Å²) in [6.07, 6.45) is 7.75. The number of para-hydroxylation sites is 1. The van der Waals surface area contributed by atoms with Gasteiger partial charge in [0.25, 0.3) is 0 Å². The molecule has 1 atom stereocenters. The smallest absolute Gasteiger partial charge is 0.318 e. The van der Waals surface area contributed by atoms with Crippen molar-refractivity contribution < 1.29 is 9.53 Å². The average Bonchev–Trinajstić information content (AvgIpc) is 3.50. The van der Waals surface area contributed by atoms with Crippen LogP contribution in [0.4, 0.5) is 4.79 Å². The van der Waals surface area contributed by atoms with Gasteiger partial charge in [-0.05, 0) is 61.7 Å². The van der Waals surface area contributed by atoms with Crippen molar-refractivity contribution in [1.29, 1.82) is 0 Å². The topological polar surface area (TPSA) is 64.3 Å². The second-order valence-electron chi connectivity index (χ2n) is 10.0. The van der Waals surface area contributed by atoms with Crippen LogP contribution in [0, 0.1) is 6.92 Å². The lowest BCUT2D eigenvalue weighted by atomic mass is 9.95. The van der Waals surface area contributed by atoms with Crippen molar-refractivity contribution in [2.24, 2.45) is 0 Å². The third kappa shape index (κ3) is 4.28. The zero-order chi connectivity index (χ0) is 25.4. The summed E-state index contributed by atoms with van der Waals surface area (Å²) < 4.78 is 9.62. The Labute approximate surface area is 217 Å². The number of hydrogen-bond donors (Lipinski definition) is 1. The molecular formula is C30H33N5O2. The van der Waals surface area contributed by atoms with Crippen LogP contribution in [0.1, 0.15) is 60.7 Å². The number of aromatic nitrogens is 3. The minimum Gasteiger partial charge on any atom is -0.497 e. The van der Waals surface area contributed by atoms with Crippen molar-refractivity contribution in [2.75, 3.05) is 7.11 Å². The van der Waals surface area contributed by atoms with E-state index in [1.807, 2.05) is 46.8 Å². The molecule has 7 nitrogen and oxygen atoms in total. The molecule has 190 valence electrons. The zero-order valence-electron chi connectivity index (χ0n) is 21.4. The van der Waals surface area contributed by atoms with Gasteiger partial charge in [-0.2, -0.15) is 5.10 Å². The van der Waals surface area contributed by atoms with Crippen molar-refractivity contribution in [3.8, 4) is 17.3 Å². The van der Waals surface area contributed by atoms with Crippen LogP contribution < -0.4 is 10.1 Å². The molecular weight excluding hydrogens is 462 g/mol. The second-order valence-corrected chi connectivity index (χ2v) is 10.0. The molecule has 37 heavy (non-hydrogen) atoms. The van der Waals surface area contributed by atoms with Gasteiger partial charge in [-0.1, -0.05) is 49.6 Å². The molecule has 2 aromatic heterocycles. The molecule has 6 rings (SSSR count). The van der Waals surface area contributed by atoms with E-state index in [1.165, 1.54) is 19.3 Å². The lowest BCUT2D eigenvalue weighted by molar-refractivity contribution is 0.173. The normalized spacial score (nSPS) is 17.6. The van der Waals surface area contributed by atoms with E-state index in [1.54, 1.807) is 7.11 Å². The Kier molecular flexibility index (Phi) is 6.20. The van der Waals surface area contributed by atoms with Gasteiger partial charge in [0.1, 0.15) is 11.6 Å². The van der Waals surface area contributed by atoms with Crippen LogP contribution in [0.3, 0.4) is 0 Å². The number of hydrogen-bond acceptors (Lipinski definition) is 3. The summed E-state index contributed by atoms with van der Waals surface area (Å²) in [6, 6.07) is 22.3. The Balaban J connectivity index is 1.50. The van der Waals surface area contributed by atoms with Crippen LogP contribution in [0.5, 0.6) is 5.75 Å². The molecule has 0 bridgehead atoms. The number of carbonyl (C=O) groups is 1. The predicted molar refractivity (Wildman–Crippen MR) is 143 cm³/mol. The van der Waals surface area contributed by atoms with Gasteiger partial charge in [0.15, 0.2) is 0 Å². The largest absolute Gasteiger partial charge is 0.497 e. The summed E-state index contributed by atoms with van der Waals surface area (Å²) in [5, 5.41) is 8.31. The third-order valence-electron chi connectivity index (χ3n) is 7.71. The summed E-state index contributed by atoms with van der Waals surface area (Å²) in [5.41, 5.74) is 5.04. The number of ether oxygens (including phenoxy) is 1. The molecule has 1 aliphatic heterocycles. The van der Waals surface area contributed by atoms with Crippen molar-refractivity contribution in [1.82, 2.24) is 24.6 Å². The molecule has 7 heteroatoms. The Bertz CT molecular complexity index is 1380. The van der Waals surface area contributed by atoms with Crippen molar-refractivity contribution >= 4 is 6.03 Å². The summed E-state index contributed by atoms with van der Waals surface area (Å²) in [5.74, 6) is 1.78. The molecule has 0 radical (unpaired) electrons. The molecule has 1 saturated carbocycles. The third-order valence-corrected chi connectivity index (χ3v) is 7.71. The first-order valence-electron chi connectivity index (χ1n) is 13.2. The van der Waals surface area contributed by atoms with Crippen LogP contribution in [0.25, 0.3) is 11.5 Å². The number of benzene rings is 2. The Morgan fingerprint density at radius 3 is 2.46 bits per heavy atom. The van der Waals surface area contributed by atoms with Crippen molar-refractivity contribution in [2.45, 2.75) is 57.7 Å². The van der Waals surface area contributed by atoms with Gasteiger partial charge in [0.05, 0.1) is 36.8 Å². The first-order valence-corrected chi connectivity index (χ1v) is 13.2. The van der Waals surface area contributed by atoms with Crippen molar-refractivity contribution in [3.05, 3.63) is 95.4 Å². The fraction of sp³-hybridized carbons (Fsp3) is 0.333. The van der Waals surface area contributed by atoms with Crippen LogP contribution >= 0.6 is 0 Å². The molecule has 1 fully saturated rings. The van der Waals surface area contributed by atoms with Crippen LogP contribution in [0.2, 0.25) is 0 Å². The number of carbonyl (C=O) groups excluding carboxylic acids is 1. The quantitative estimate of drug-likeness (QED) is 0.382. The molecule has 1 aliphatic carbocycles. The number of methoxy groups -OCH3 is 1. The number of nitrogens with one attached hydrogen (secondary N) is 1. The van der Waals surface area contributed by atoms with Crippen LogP contribution in [0.15, 0.2) is 72.9 Å². The molecule has 2 aliphatic rings. The SMILES string of the molecule is COc1ccc([C@@H]2c3cccn3-c3c(c(C)nn3-c3ccccc3)CN2C(=O)NC2CCCCC2)cc1. The van der Waals surface area contributed by atoms with Crippen molar-refractivity contribution in [3.63, 3.8) is 0 Å². The highest BCUT2D eigenvalue weighted by Gasteiger charge is 2.36. The Morgan fingerprint density at radius 1 is 0.973 bits per heavy atom. The highest BCUT2D eigenvalue weighted by atomic mass is 16.5. The van der Waals surface area contributed by atoms with E-state index < -0.39 is 0 Å². The van der Waals surface area contributed by atoms with E-state index in [0.717, 1.165) is 52.6 Å². The monoisotopic (exact) mass is 495 g/mol. The fourth-order valence-corrected chi connectivity index (χ4v) is 5.79.